The van der Waals surface area contributed by atoms with Crippen molar-refractivity contribution >= 4 is 46.3 Å². The average Bonchev–Trinajstić information content (AvgIpc) is 2.87. The highest BCUT2D eigenvalue weighted by molar-refractivity contribution is 6.63. The maximum Gasteiger partial charge on any atom is 0.306 e. The summed E-state index contributed by atoms with van der Waals surface area (Å²) < 4.78 is 8.66. The number of ether oxygens (including phenoxy) is 2. The number of esters is 2. The lowest BCUT2D eigenvalue weighted by Gasteiger charge is -2.03. The van der Waals surface area contributed by atoms with Crippen LogP contribution >= 0.6 is 11.6 Å². The standard InChI is InChI=1S/C11H11N3O3.C6H5N3.C5H7ClO3/c1-17-11(16)5-4-10(15)14-9-3-2-8(6-12)7-13-9;7-3-5-1-2-6(8)9-4-5;1-9-5(8)3-2-4(6)7/h2-3,7H,4-5H2,1H3,(H,13,14,15);1-2,4H,(H2,8,9);2-3H2,1H3. The van der Waals surface area contributed by atoms with Crippen molar-refractivity contribution in [2.75, 3.05) is 25.3 Å². The van der Waals surface area contributed by atoms with Crippen LogP contribution < -0.4 is 11.1 Å². The Labute approximate surface area is 206 Å². The number of rotatable bonds is 7. The first-order valence-electron chi connectivity index (χ1n) is 9.74. The van der Waals surface area contributed by atoms with Crippen molar-refractivity contribution in [1.82, 2.24) is 9.97 Å². The summed E-state index contributed by atoms with van der Waals surface area (Å²) in [6.45, 7) is 0. The highest BCUT2D eigenvalue weighted by Gasteiger charge is 2.07. The average molecular weight is 503 g/mol. The van der Waals surface area contributed by atoms with Crippen molar-refractivity contribution in [2.24, 2.45) is 0 Å². The summed E-state index contributed by atoms with van der Waals surface area (Å²) in [7, 11) is 2.53. The van der Waals surface area contributed by atoms with Crippen molar-refractivity contribution in [2.45, 2.75) is 25.7 Å². The molecule has 0 aromatic carbocycles. The smallest absolute Gasteiger partial charge is 0.306 e. The Hall–Kier alpha value is -4.55. The fourth-order valence-corrected chi connectivity index (χ4v) is 1.93. The monoisotopic (exact) mass is 502 g/mol. The topological polar surface area (TPSA) is 198 Å². The van der Waals surface area contributed by atoms with Crippen molar-refractivity contribution in [3.05, 3.63) is 47.8 Å². The van der Waals surface area contributed by atoms with Crippen LogP contribution in [0.3, 0.4) is 0 Å². The lowest BCUT2D eigenvalue weighted by molar-refractivity contribution is -0.142. The van der Waals surface area contributed by atoms with Crippen LogP contribution in [0.5, 0.6) is 0 Å². The molecule has 0 unspecified atom stereocenters. The third-order valence-corrected chi connectivity index (χ3v) is 3.80. The highest BCUT2D eigenvalue weighted by atomic mass is 35.5. The third kappa shape index (κ3) is 15.8. The lowest BCUT2D eigenvalue weighted by atomic mass is 10.3. The molecule has 35 heavy (non-hydrogen) atoms. The van der Waals surface area contributed by atoms with E-state index in [0.717, 1.165) is 0 Å². The van der Waals surface area contributed by atoms with Gasteiger partial charge < -0.3 is 20.5 Å². The summed E-state index contributed by atoms with van der Waals surface area (Å²) in [5.74, 6) is -0.391. The number of halogens is 1. The second kappa shape index (κ2) is 17.9. The lowest BCUT2D eigenvalue weighted by Crippen LogP contribution is -2.14. The predicted molar refractivity (Wildman–Crippen MR) is 124 cm³/mol. The second-order valence-electron chi connectivity index (χ2n) is 6.18. The Kier molecular flexibility index (Phi) is 15.6. The summed E-state index contributed by atoms with van der Waals surface area (Å²) in [6.07, 6.45) is 2.98. The van der Waals surface area contributed by atoms with E-state index in [2.05, 4.69) is 24.8 Å². The zero-order chi connectivity index (χ0) is 26.6. The summed E-state index contributed by atoms with van der Waals surface area (Å²) >= 11 is 4.93. The SMILES string of the molecule is COC(=O)CCC(=O)Cl.COC(=O)CCC(=O)Nc1ccc(C#N)cn1.N#Cc1ccc(N)nc1. The van der Waals surface area contributed by atoms with Gasteiger partial charge in [-0.15, -0.1) is 0 Å². The molecule has 2 rings (SSSR count). The van der Waals surface area contributed by atoms with E-state index in [-0.39, 0.29) is 31.6 Å². The number of amides is 1. The molecular formula is C22H23ClN6O6. The molecule has 2 aromatic heterocycles. The minimum absolute atomic E-state index is 0.0264. The molecule has 0 fully saturated rings. The molecule has 0 radical (unpaired) electrons. The number of nitrogens with two attached hydrogens (primary N) is 1. The van der Waals surface area contributed by atoms with Crippen molar-refractivity contribution in [1.29, 1.82) is 10.5 Å². The van der Waals surface area contributed by atoms with Crippen LogP contribution in [0.25, 0.3) is 0 Å². The second-order valence-corrected chi connectivity index (χ2v) is 6.60. The molecule has 0 aliphatic carbocycles. The fourth-order valence-electron chi connectivity index (χ4n) is 1.83. The van der Waals surface area contributed by atoms with Crippen LogP contribution in [0.15, 0.2) is 36.7 Å². The molecule has 3 N–H and O–H groups in total. The van der Waals surface area contributed by atoms with E-state index in [1.54, 1.807) is 18.2 Å². The van der Waals surface area contributed by atoms with Gasteiger partial charge in [0, 0.05) is 25.2 Å². The normalized spacial score (nSPS) is 8.83. The Balaban J connectivity index is 0.000000543. The van der Waals surface area contributed by atoms with Gasteiger partial charge in [0.1, 0.15) is 23.8 Å². The summed E-state index contributed by atoms with van der Waals surface area (Å²) in [5, 5.41) is 18.8. The zero-order valence-corrected chi connectivity index (χ0v) is 19.7. The van der Waals surface area contributed by atoms with Crippen LogP contribution in [0.2, 0.25) is 0 Å². The first-order valence-corrected chi connectivity index (χ1v) is 10.1. The van der Waals surface area contributed by atoms with Gasteiger partial charge in [0.05, 0.1) is 38.2 Å². The minimum Gasteiger partial charge on any atom is -0.469 e. The largest absolute Gasteiger partial charge is 0.469 e. The number of anilines is 2. The number of nitrogens with zero attached hydrogens (tertiary/aromatic N) is 4. The number of nitriles is 2. The van der Waals surface area contributed by atoms with E-state index >= 15 is 0 Å². The number of nitrogens with one attached hydrogen (secondary N) is 1. The van der Waals surface area contributed by atoms with Crippen molar-refractivity contribution in [3.8, 4) is 12.1 Å². The van der Waals surface area contributed by atoms with Crippen LogP contribution in [0.1, 0.15) is 36.8 Å². The Bertz CT molecular complexity index is 1060. The van der Waals surface area contributed by atoms with Crippen LogP contribution in [0, 0.1) is 22.7 Å². The van der Waals surface area contributed by atoms with Crippen LogP contribution in [0.4, 0.5) is 11.6 Å². The quantitative estimate of drug-likeness (QED) is 0.414. The van der Waals surface area contributed by atoms with E-state index in [4.69, 9.17) is 27.9 Å². The highest BCUT2D eigenvalue weighted by Crippen LogP contribution is 2.05. The van der Waals surface area contributed by atoms with Crippen molar-refractivity contribution in [3.63, 3.8) is 0 Å². The molecule has 0 spiro atoms. The molecule has 184 valence electrons. The van der Waals surface area contributed by atoms with E-state index in [1.165, 1.54) is 32.7 Å². The predicted octanol–water partition coefficient (Wildman–Crippen LogP) is 2.09. The van der Waals surface area contributed by atoms with Crippen LogP contribution in [-0.4, -0.2) is 47.3 Å². The molecule has 2 aromatic rings. The number of methoxy groups -OCH3 is 2. The van der Waals surface area contributed by atoms with Gasteiger partial charge in [-0.1, -0.05) is 0 Å². The molecule has 0 aliphatic heterocycles. The van der Waals surface area contributed by atoms with Crippen LogP contribution in [-0.2, 0) is 28.7 Å². The van der Waals surface area contributed by atoms with Gasteiger partial charge in [0.25, 0.3) is 0 Å². The molecule has 1 amide bonds. The zero-order valence-electron chi connectivity index (χ0n) is 19.0. The Morgan fingerprint density at radius 3 is 1.80 bits per heavy atom. The molecule has 0 bridgehead atoms. The van der Waals surface area contributed by atoms with Gasteiger partial charge >= 0.3 is 11.9 Å². The van der Waals surface area contributed by atoms with Gasteiger partial charge in [0.2, 0.25) is 11.1 Å². The first-order chi connectivity index (χ1) is 16.6. The molecular weight excluding hydrogens is 480 g/mol. The van der Waals surface area contributed by atoms with E-state index in [1.807, 2.05) is 12.1 Å². The van der Waals surface area contributed by atoms with Crippen molar-refractivity contribution < 1.29 is 28.7 Å². The first kappa shape index (κ1) is 30.4. The summed E-state index contributed by atoms with van der Waals surface area (Å²) in [6, 6.07) is 10.1. The number of carbonyl (C=O) groups excluding carboxylic acids is 4. The maximum atomic E-state index is 11.4. The molecule has 0 atom stereocenters. The number of hydrogen-bond acceptors (Lipinski definition) is 11. The summed E-state index contributed by atoms with van der Waals surface area (Å²) in [4.78, 5) is 50.0. The number of nitrogen functional groups attached to an aromatic ring is 1. The Morgan fingerprint density at radius 1 is 0.886 bits per heavy atom. The third-order valence-electron chi connectivity index (χ3n) is 3.61. The molecule has 0 saturated carbocycles. The molecule has 12 nitrogen and oxygen atoms in total. The molecule has 0 saturated heterocycles. The van der Waals surface area contributed by atoms with Gasteiger partial charge in [0.15, 0.2) is 0 Å². The number of hydrogen-bond donors (Lipinski definition) is 2. The van der Waals surface area contributed by atoms with E-state index in [9.17, 15) is 19.2 Å². The number of carbonyl (C=O) groups is 4. The van der Waals surface area contributed by atoms with Gasteiger partial charge in [-0.25, -0.2) is 9.97 Å². The Morgan fingerprint density at radius 2 is 1.40 bits per heavy atom. The molecule has 13 heteroatoms. The van der Waals surface area contributed by atoms with E-state index in [0.29, 0.717) is 22.8 Å². The summed E-state index contributed by atoms with van der Waals surface area (Å²) in [5.41, 5.74) is 6.21. The van der Waals surface area contributed by atoms with E-state index < -0.39 is 17.2 Å². The molecule has 0 aliphatic rings. The van der Waals surface area contributed by atoms with Gasteiger partial charge in [-0.2, -0.15) is 10.5 Å². The fraction of sp³-hybridized carbons (Fsp3) is 0.273. The van der Waals surface area contributed by atoms with Gasteiger partial charge in [-0.3, -0.25) is 19.2 Å². The number of pyridine rings is 2. The van der Waals surface area contributed by atoms with Gasteiger partial charge in [-0.05, 0) is 35.9 Å². The minimum atomic E-state index is -0.514. The maximum absolute atomic E-state index is 11.4. The number of aromatic nitrogens is 2. The molecule has 2 heterocycles.